The Balaban J connectivity index is 2.06. The number of carbonyl (C=O) groups excluding carboxylic acids is 2. The summed E-state index contributed by atoms with van der Waals surface area (Å²) in [5.41, 5.74) is 1.62. The van der Waals surface area contributed by atoms with Crippen LogP contribution >= 0.6 is 0 Å². The topological polar surface area (TPSA) is 65.2 Å². The molecule has 22 heavy (non-hydrogen) atoms. The molecule has 2 N–H and O–H groups in total. The molecule has 1 heterocycles. The number of benzene rings is 1. The van der Waals surface area contributed by atoms with Crippen LogP contribution in [0.4, 0.5) is 0 Å². The minimum Gasteiger partial charge on any atom is -0.360 e. The number of amides is 1. The van der Waals surface area contributed by atoms with Gasteiger partial charge in [-0.3, -0.25) is 14.5 Å². The molecule has 1 aromatic heterocycles. The van der Waals surface area contributed by atoms with Gasteiger partial charge in [0.15, 0.2) is 5.78 Å². The normalized spacial score (nSPS) is 12.5. The number of carbonyl (C=O) groups is 2. The minimum absolute atomic E-state index is 0.0169. The van der Waals surface area contributed by atoms with Crippen molar-refractivity contribution in [3.8, 4) is 0 Å². The number of aromatic amines is 1. The molecule has 1 aromatic carbocycles. The first-order valence-corrected chi connectivity index (χ1v) is 7.61. The van der Waals surface area contributed by atoms with Crippen molar-refractivity contribution in [1.82, 2.24) is 15.2 Å². The van der Waals surface area contributed by atoms with Gasteiger partial charge in [-0.05, 0) is 26.5 Å². The second kappa shape index (κ2) is 7.22. The second-order valence-electron chi connectivity index (χ2n) is 5.55. The molecule has 2 rings (SSSR count). The highest BCUT2D eigenvalue weighted by Crippen LogP contribution is 2.20. The Morgan fingerprint density at radius 3 is 2.77 bits per heavy atom. The Bertz CT molecular complexity index is 663. The van der Waals surface area contributed by atoms with Gasteiger partial charge < -0.3 is 10.3 Å². The summed E-state index contributed by atoms with van der Waals surface area (Å²) in [4.78, 5) is 29.3. The van der Waals surface area contributed by atoms with E-state index in [2.05, 4.69) is 10.3 Å². The summed E-state index contributed by atoms with van der Waals surface area (Å²) in [6, 6.07) is 7.37. The molecular formula is C17H23N3O2. The van der Waals surface area contributed by atoms with E-state index in [1.54, 1.807) is 18.1 Å². The van der Waals surface area contributed by atoms with Crippen LogP contribution in [0.25, 0.3) is 10.9 Å². The number of aromatic nitrogens is 1. The number of fused-ring (bicyclic) bond motifs is 1. The monoisotopic (exact) mass is 301 g/mol. The molecule has 0 aliphatic rings. The standard InChI is InChI=1S/C17H23N3O2/c1-4-9-18-16(21)11-20(3)12(2)17(22)14-10-19-15-8-6-5-7-13(14)15/h5-8,10,12,19H,4,9,11H2,1-3H3,(H,18,21)/t12-/m1/s1. The van der Waals surface area contributed by atoms with Crippen molar-refractivity contribution in [3.05, 3.63) is 36.0 Å². The van der Waals surface area contributed by atoms with E-state index in [4.69, 9.17) is 0 Å². The molecule has 5 heteroatoms. The summed E-state index contributed by atoms with van der Waals surface area (Å²) in [5.74, 6) is -0.0360. The van der Waals surface area contributed by atoms with E-state index >= 15 is 0 Å². The number of rotatable bonds is 7. The summed E-state index contributed by atoms with van der Waals surface area (Å²) in [5, 5.41) is 3.74. The van der Waals surface area contributed by atoms with E-state index in [-0.39, 0.29) is 24.3 Å². The van der Waals surface area contributed by atoms with E-state index in [0.717, 1.165) is 17.3 Å². The fourth-order valence-corrected chi connectivity index (χ4v) is 2.38. The highest BCUT2D eigenvalue weighted by molar-refractivity contribution is 6.10. The van der Waals surface area contributed by atoms with Gasteiger partial charge in [0.1, 0.15) is 0 Å². The average Bonchev–Trinajstić information content (AvgIpc) is 2.95. The fraction of sp³-hybridized carbons (Fsp3) is 0.412. The third-order valence-electron chi connectivity index (χ3n) is 3.86. The van der Waals surface area contributed by atoms with E-state index < -0.39 is 0 Å². The number of para-hydroxylation sites is 1. The van der Waals surface area contributed by atoms with Crippen molar-refractivity contribution in [1.29, 1.82) is 0 Å². The highest BCUT2D eigenvalue weighted by atomic mass is 16.2. The van der Waals surface area contributed by atoms with Crippen molar-refractivity contribution >= 4 is 22.6 Å². The maximum absolute atomic E-state index is 12.7. The maximum atomic E-state index is 12.7. The summed E-state index contributed by atoms with van der Waals surface area (Å²) in [6.45, 7) is 4.72. The Morgan fingerprint density at radius 1 is 1.32 bits per heavy atom. The third-order valence-corrected chi connectivity index (χ3v) is 3.86. The quantitative estimate of drug-likeness (QED) is 0.771. The summed E-state index contributed by atoms with van der Waals surface area (Å²) in [7, 11) is 1.79. The van der Waals surface area contributed by atoms with Crippen molar-refractivity contribution in [2.75, 3.05) is 20.1 Å². The molecule has 1 amide bonds. The molecular weight excluding hydrogens is 278 g/mol. The van der Waals surface area contributed by atoms with Crippen LogP contribution in [-0.2, 0) is 4.79 Å². The van der Waals surface area contributed by atoms with Crippen LogP contribution < -0.4 is 5.32 Å². The Labute approximate surface area is 130 Å². The molecule has 1 atom stereocenters. The number of ketones is 1. The minimum atomic E-state index is -0.355. The highest BCUT2D eigenvalue weighted by Gasteiger charge is 2.23. The van der Waals surface area contributed by atoms with Gasteiger partial charge in [0.2, 0.25) is 5.91 Å². The lowest BCUT2D eigenvalue weighted by atomic mass is 10.0. The van der Waals surface area contributed by atoms with Gasteiger partial charge >= 0.3 is 0 Å². The lowest BCUT2D eigenvalue weighted by molar-refractivity contribution is -0.122. The predicted molar refractivity (Wildman–Crippen MR) is 88.0 cm³/mol. The van der Waals surface area contributed by atoms with E-state index in [1.165, 1.54) is 0 Å². The summed E-state index contributed by atoms with van der Waals surface area (Å²) >= 11 is 0. The summed E-state index contributed by atoms with van der Waals surface area (Å²) < 4.78 is 0. The first-order chi connectivity index (χ1) is 10.5. The number of H-pyrrole nitrogens is 1. The maximum Gasteiger partial charge on any atom is 0.234 e. The second-order valence-corrected chi connectivity index (χ2v) is 5.55. The van der Waals surface area contributed by atoms with Crippen molar-refractivity contribution in [2.45, 2.75) is 26.3 Å². The lowest BCUT2D eigenvalue weighted by Crippen LogP contribution is -2.43. The molecule has 5 nitrogen and oxygen atoms in total. The number of nitrogens with zero attached hydrogens (tertiary/aromatic N) is 1. The molecule has 0 spiro atoms. The molecule has 0 aliphatic heterocycles. The number of hydrogen-bond acceptors (Lipinski definition) is 3. The van der Waals surface area contributed by atoms with Crippen LogP contribution in [0, 0.1) is 0 Å². The molecule has 118 valence electrons. The molecule has 0 aliphatic carbocycles. The molecule has 2 aromatic rings. The van der Waals surface area contributed by atoms with Crippen LogP contribution in [0.1, 0.15) is 30.6 Å². The van der Waals surface area contributed by atoms with Crippen LogP contribution in [0.5, 0.6) is 0 Å². The summed E-state index contributed by atoms with van der Waals surface area (Å²) in [6.07, 6.45) is 2.65. The Hall–Kier alpha value is -2.14. The molecule has 0 unspecified atom stereocenters. The van der Waals surface area contributed by atoms with Crippen molar-refractivity contribution in [3.63, 3.8) is 0 Å². The van der Waals surface area contributed by atoms with Crippen LogP contribution in [0.15, 0.2) is 30.5 Å². The Morgan fingerprint density at radius 2 is 2.05 bits per heavy atom. The van der Waals surface area contributed by atoms with Gasteiger partial charge in [-0.15, -0.1) is 0 Å². The van der Waals surface area contributed by atoms with Crippen LogP contribution in [-0.4, -0.2) is 47.8 Å². The first-order valence-electron chi connectivity index (χ1n) is 7.61. The molecule has 0 saturated carbocycles. The fourth-order valence-electron chi connectivity index (χ4n) is 2.38. The van der Waals surface area contributed by atoms with Gasteiger partial charge in [0.25, 0.3) is 0 Å². The van der Waals surface area contributed by atoms with E-state index in [1.807, 2.05) is 38.1 Å². The predicted octanol–water partition coefficient (Wildman–Crippen LogP) is 2.20. The average molecular weight is 301 g/mol. The molecule has 0 bridgehead atoms. The van der Waals surface area contributed by atoms with E-state index in [0.29, 0.717) is 12.1 Å². The van der Waals surface area contributed by atoms with Gasteiger partial charge in [-0.1, -0.05) is 25.1 Å². The first kappa shape index (κ1) is 16.2. The van der Waals surface area contributed by atoms with Gasteiger partial charge in [0.05, 0.1) is 12.6 Å². The number of nitrogens with one attached hydrogen (secondary N) is 2. The van der Waals surface area contributed by atoms with Gasteiger partial charge in [-0.2, -0.15) is 0 Å². The molecule has 0 fully saturated rings. The number of hydrogen-bond donors (Lipinski definition) is 2. The zero-order valence-electron chi connectivity index (χ0n) is 13.3. The largest absolute Gasteiger partial charge is 0.360 e. The van der Waals surface area contributed by atoms with Crippen molar-refractivity contribution in [2.24, 2.45) is 0 Å². The van der Waals surface area contributed by atoms with Gasteiger partial charge in [-0.25, -0.2) is 0 Å². The van der Waals surface area contributed by atoms with Crippen molar-refractivity contribution < 1.29 is 9.59 Å². The lowest BCUT2D eigenvalue weighted by Gasteiger charge is -2.22. The number of Topliss-reactive ketones (excluding diaryl/α,β-unsaturated/α-hetero) is 1. The zero-order valence-corrected chi connectivity index (χ0v) is 13.3. The van der Waals surface area contributed by atoms with Crippen LogP contribution in [0.2, 0.25) is 0 Å². The zero-order chi connectivity index (χ0) is 16.1. The number of likely N-dealkylation sites (N-methyl/N-ethyl adjacent to an activating group) is 1. The van der Waals surface area contributed by atoms with Crippen LogP contribution in [0.3, 0.4) is 0 Å². The Kier molecular flexibility index (Phi) is 5.33. The smallest absolute Gasteiger partial charge is 0.234 e. The molecule has 0 radical (unpaired) electrons. The van der Waals surface area contributed by atoms with Gasteiger partial charge in [0, 0.05) is 29.2 Å². The third kappa shape index (κ3) is 3.54. The van der Waals surface area contributed by atoms with E-state index in [9.17, 15) is 9.59 Å². The SMILES string of the molecule is CCCNC(=O)CN(C)[C@H](C)C(=O)c1c[nH]c2ccccc12. The molecule has 0 saturated heterocycles.